The molecule has 0 spiro atoms. The van der Waals surface area contributed by atoms with Crippen molar-refractivity contribution in [2.75, 3.05) is 6.61 Å². The molecule has 0 aliphatic carbocycles. The number of nitrogens with one attached hydrogen (secondary N) is 1. The van der Waals surface area contributed by atoms with Gasteiger partial charge in [0.2, 0.25) is 5.90 Å². The first kappa shape index (κ1) is 18.8. The zero-order valence-corrected chi connectivity index (χ0v) is 14.4. The minimum atomic E-state index is -0.545. The highest BCUT2D eigenvalue weighted by Crippen LogP contribution is 2.11. The Morgan fingerprint density at radius 3 is 2.58 bits per heavy atom. The Labute approximate surface area is 152 Å². The van der Waals surface area contributed by atoms with Crippen LogP contribution >= 0.6 is 0 Å². The Bertz CT molecular complexity index is 828. The molecule has 1 N–H and O–H groups in total. The van der Waals surface area contributed by atoms with Crippen molar-refractivity contribution in [3.63, 3.8) is 0 Å². The molecule has 1 heterocycles. The van der Waals surface area contributed by atoms with E-state index in [2.05, 4.69) is 16.6 Å². The van der Waals surface area contributed by atoms with Gasteiger partial charge < -0.3 is 9.47 Å². The summed E-state index contributed by atoms with van der Waals surface area (Å²) in [5, 5.41) is 8.11. The second-order valence-corrected chi connectivity index (χ2v) is 4.95. The fourth-order valence-corrected chi connectivity index (χ4v) is 1.91. The second kappa shape index (κ2) is 9.68. The van der Waals surface area contributed by atoms with Crippen molar-refractivity contribution in [3.8, 4) is 5.75 Å². The van der Waals surface area contributed by atoms with E-state index in [0.29, 0.717) is 11.4 Å². The van der Waals surface area contributed by atoms with Crippen LogP contribution in [0.25, 0.3) is 0 Å². The first-order valence-electron chi connectivity index (χ1n) is 7.96. The minimum Gasteiger partial charge on any atom is -0.462 e. The van der Waals surface area contributed by atoms with Crippen LogP contribution < -0.4 is 4.74 Å². The van der Waals surface area contributed by atoms with Crippen molar-refractivity contribution in [1.82, 2.24) is 4.98 Å². The molecule has 0 amide bonds. The number of hydrogen-bond acceptors (Lipinski definition) is 5. The van der Waals surface area contributed by atoms with Crippen LogP contribution in [0.2, 0.25) is 0 Å². The van der Waals surface area contributed by atoms with Crippen molar-refractivity contribution in [2.24, 2.45) is 4.99 Å². The third kappa shape index (κ3) is 5.52. The van der Waals surface area contributed by atoms with E-state index in [-0.39, 0.29) is 23.9 Å². The van der Waals surface area contributed by atoms with Crippen LogP contribution in [0.1, 0.15) is 12.6 Å². The smallest absolute Gasteiger partial charge is 0.338 e. The molecule has 0 saturated heterocycles. The van der Waals surface area contributed by atoms with Gasteiger partial charge in [-0.3, -0.25) is 10.4 Å². The number of aliphatic imine (C=N–C) groups is 1. The van der Waals surface area contributed by atoms with Gasteiger partial charge >= 0.3 is 5.97 Å². The summed E-state index contributed by atoms with van der Waals surface area (Å²) in [4.78, 5) is 20.2. The van der Waals surface area contributed by atoms with Gasteiger partial charge in [-0.05, 0) is 31.2 Å². The lowest BCUT2D eigenvalue weighted by molar-refractivity contribution is -0.138. The quantitative estimate of drug-likeness (QED) is 0.284. The van der Waals surface area contributed by atoms with Crippen LogP contribution in [0.15, 0.2) is 84.0 Å². The lowest BCUT2D eigenvalue weighted by Gasteiger charge is -2.08. The number of benzene rings is 1. The van der Waals surface area contributed by atoms with Crippen LogP contribution in [-0.2, 0) is 9.53 Å². The summed E-state index contributed by atoms with van der Waals surface area (Å²) in [5.74, 6) is -0.0744. The first-order valence-corrected chi connectivity index (χ1v) is 7.96. The van der Waals surface area contributed by atoms with Gasteiger partial charge in [0.25, 0.3) is 0 Å². The third-order valence-corrected chi connectivity index (χ3v) is 3.11. The number of para-hydroxylation sites is 1. The zero-order valence-electron chi connectivity index (χ0n) is 14.4. The summed E-state index contributed by atoms with van der Waals surface area (Å²) in [6, 6.07) is 14.1. The maximum Gasteiger partial charge on any atom is 0.338 e. The summed E-state index contributed by atoms with van der Waals surface area (Å²) in [5.41, 5.74) is 0.557. The van der Waals surface area contributed by atoms with Crippen molar-refractivity contribution < 1.29 is 14.3 Å². The Hall–Kier alpha value is -3.54. The molecule has 2 rings (SSSR count). The summed E-state index contributed by atoms with van der Waals surface area (Å²) in [7, 11) is 0. The summed E-state index contributed by atoms with van der Waals surface area (Å²) < 4.78 is 10.7. The topological polar surface area (TPSA) is 84.6 Å². The minimum absolute atomic E-state index is 0.0507. The van der Waals surface area contributed by atoms with Crippen molar-refractivity contribution >= 4 is 17.7 Å². The summed E-state index contributed by atoms with van der Waals surface area (Å²) >= 11 is 0. The van der Waals surface area contributed by atoms with E-state index in [9.17, 15) is 4.79 Å². The molecule has 0 atom stereocenters. The number of ether oxygens (including phenoxy) is 2. The van der Waals surface area contributed by atoms with Gasteiger partial charge in [0.05, 0.1) is 12.2 Å². The maximum absolute atomic E-state index is 12.0. The Balaban J connectivity index is 2.38. The van der Waals surface area contributed by atoms with E-state index in [0.717, 1.165) is 0 Å². The van der Waals surface area contributed by atoms with Gasteiger partial charge in [0.1, 0.15) is 11.4 Å². The second-order valence-electron chi connectivity index (χ2n) is 4.95. The maximum atomic E-state index is 12.0. The van der Waals surface area contributed by atoms with Crippen LogP contribution in [0.4, 0.5) is 0 Å². The molecule has 6 nitrogen and oxygen atoms in total. The normalized spacial score (nSPS) is 11.6. The van der Waals surface area contributed by atoms with Crippen molar-refractivity contribution in [3.05, 3.63) is 84.7 Å². The highest BCUT2D eigenvalue weighted by molar-refractivity contribution is 6.08. The fourth-order valence-electron chi connectivity index (χ4n) is 1.91. The predicted octanol–water partition coefficient (Wildman–Crippen LogP) is 3.56. The number of carbonyl (C=O) groups excluding carboxylic acids is 1. The van der Waals surface area contributed by atoms with Crippen LogP contribution in [0, 0.1) is 5.41 Å². The zero-order chi connectivity index (χ0) is 18.8. The molecule has 6 heteroatoms. The molecule has 0 radical (unpaired) electrons. The highest BCUT2D eigenvalue weighted by Gasteiger charge is 2.11. The largest absolute Gasteiger partial charge is 0.462 e. The average molecular weight is 349 g/mol. The van der Waals surface area contributed by atoms with Crippen LogP contribution in [0.5, 0.6) is 5.75 Å². The predicted molar refractivity (Wildman–Crippen MR) is 100 cm³/mol. The molecule has 0 fully saturated rings. The van der Waals surface area contributed by atoms with E-state index in [1.54, 1.807) is 55.6 Å². The number of pyridine rings is 1. The SMILES string of the molecule is C=C/C(=C/C(=NC(=N)c1ccccn1)Oc1ccccc1)C(=O)OCC. The first-order chi connectivity index (χ1) is 12.6. The molecule has 1 aromatic heterocycles. The van der Waals surface area contributed by atoms with Gasteiger partial charge in [-0.1, -0.05) is 36.9 Å². The Kier molecular flexibility index (Phi) is 7.00. The average Bonchev–Trinajstić information content (AvgIpc) is 2.67. The molecule has 1 aromatic carbocycles. The van der Waals surface area contributed by atoms with E-state index in [4.69, 9.17) is 14.9 Å². The molecule has 0 aliphatic rings. The molecular formula is C20H19N3O3. The number of esters is 1. The molecule has 26 heavy (non-hydrogen) atoms. The van der Waals surface area contributed by atoms with E-state index >= 15 is 0 Å². The molecule has 0 aliphatic heterocycles. The molecule has 0 bridgehead atoms. The van der Waals surface area contributed by atoms with Gasteiger partial charge in [-0.25, -0.2) is 4.79 Å². The number of carbonyl (C=O) groups is 1. The fraction of sp³-hybridized carbons (Fsp3) is 0.100. The molecule has 0 saturated carbocycles. The number of nitrogens with zero attached hydrogens (tertiary/aromatic N) is 2. The number of amidine groups is 1. The highest BCUT2D eigenvalue weighted by atomic mass is 16.5. The van der Waals surface area contributed by atoms with E-state index in [1.807, 2.05) is 6.07 Å². The van der Waals surface area contributed by atoms with Gasteiger partial charge in [-0.2, -0.15) is 4.99 Å². The lowest BCUT2D eigenvalue weighted by Crippen LogP contribution is -2.14. The molecule has 0 unspecified atom stereocenters. The van der Waals surface area contributed by atoms with Crippen molar-refractivity contribution in [2.45, 2.75) is 6.92 Å². The number of rotatable bonds is 6. The lowest BCUT2D eigenvalue weighted by atomic mass is 10.2. The van der Waals surface area contributed by atoms with Gasteiger partial charge in [-0.15, -0.1) is 0 Å². The van der Waals surface area contributed by atoms with Crippen LogP contribution in [0.3, 0.4) is 0 Å². The Morgan fingerprint density at radius 2 is 1.96 bits per heavy atom. The molecular weight excluding hydrogens is 330 g/mol. The van der Waals surface area contributed by atoms with E-state index in [1.165, 1.54) is 12.2 Å². The molecule has 132 valence electrons. The Morgan fingerprint density at radius 1 is 1.23 bits per heavy atom. The number of aromatic nitrogens is 1. The molecule has 2 aromatic rings. The van der Waals surface area contributed by atoms with Crippen molar-refractivity contribution in [1.29, 1.82) is 5.41 Å². The summed E-state index contributed by atoms with van der Waals surface area (Å²) in [6.45, 7) is 5.57. The van der Waals surface area contributed by atoms with Crippen LogP contribution in [-0.4, -0.2) is 29.3 Å². The monoisotopic (exact) mass is 349 g/mol. The van der Waals surface area contributed by atoms with E-state index < -0.39 is 5.97 Å². The third-order valence-electron chi connectivity index (χ3n) is 3.11. The standard InChI is InChI=1S/C20H19N3O3/c1-3-15(20(24)25-4-2)14-18(26-16-10-6-5-7-11-16)23-19(21)17-12-8-9-13-22-17/h3,5-14,21H,1,4H2,2H3/b15-14-,21-19?,23-18?. The summed E-state index contributed by atoms with van der Waals surface area (Å²) in [6.07, 6.45) is 4.31. The van der Waals surface area contributed by atoms with Gasteiger partial charge in [0, 0.05) is 12.3 Å². The van der Waals surface area contributed by atoms with Gasteiger partial charge in [0.15, 0.2) is 5.84 Å². The number of hydrogen-bond donors (Lipinski definition) is 1.